The quantitative estimate of drug-likeness (QED) is 0.753. The fraction of sp³-hybridized carbons (Fsp3) is 0.267. The van der Waals surface area contributed by atoms with Crippen LogP contribution in [0.3, 0.4) is 0 Å². The number of amides is 1. The molecule has 2 aromatic rings. The summed E-state index contributed by atoms with van der Waals surface area (Å²) < 4.78 is 5.30. The predicted molar refractivity (Wildman–Crippen MR) is 86.1 cm³/mol. The van der Waals surface area contributed by atoms with E-state index >= 15 is 0 Å². The van der Waals surface area contributed by atoms with Crippen LogP contribution in [0, 0.1) is 6.92 Å². The maximum Gasteiger partial charge on any atom is 0.306 e. The van der Waals surface area contributed by atoms with Gasteiger partial charge in [-0.25, -0.2) is 15.0 Å². The minimum absolute atomic E-state index is 0.125. The number of methoxy groups -OCH3 is 1. The van der Waals surface area contributed by atoms with Crippen LogP contribution in [0.4, 0.5) is 5.95 Å². The fourth-order valence-electron chi connectivity index (χ4n) is 2.42. The molecule has 124 valence electrons. The molecule has 0 fully saturated rings. The second kappa shape index (κ2) is 6.11. The minimum atomic E-state index is -1.09. The molecule has 1 aromatic carbocycles. The molecule has 1 amide bonds. The number of carboxylic acid groups (broad SMARTS) is 1. The second-order valence-electron chi connectivity index (χ2n) is 5.19. The van der Waals surface area contributed by atoms with E-state index in [1.165, 1.54) is 0 Å². The van der Waals surface area contributed by atoms with E-state index in [4.69, 9.17) is 9.84 Å². The maximum atomic E-state index is 11.7. The van der Waals surface area contributed by atoms with Crippen LogP contribution in [-0.2, 0) is 9.59 Å². The highest BCUT2D eigenvalue weighted by Crippen LogP contribution is 2.26. The highest BCUT2D eigenvalue weighted by molar-refractivity contribution is 6.10. The lowest BCUT2D eigenvalue weighted by atomic mass is 10.2. The van der Waals surface area contributed by atoms with Crippen molar-refractivity contribution in [1.29, 1.82) is 0 Å². The van der Waals surface area contributed by atoms with E-state index in [0.717, 1.165) is 11.1 Å². The summed E-state index contributed by atoms with van der Waals surface area (Å²) in [5.41, 5.74) is 1.36. The van der Waals surface area contributed by atoms with Crippen molar-refractivity contribution in [3.8, 4) is 5.75 Å². The van der Waals surface area contributed by atoms with Crippen LogP contribution in [0.2, 0.25) is 0 Å². The number of aromatic nitrogens is 2. The second-order valence-corrected chi connectivity index (χ2v) is 5.19. The Hall–Kier alpha value is -3.23. The molecule has 24 heavy (non-hydrogen) atoms. The molecule has 1 aliphatic heterocycles. The molecule has 1 unspecified atom stereocenters. The van der Waals surface area contributed by atoms with E-state index < -0.39 is 17.9 Å². The minimum Gasteiger partial charge on any atom is -0.494 e. The number of carbonyl (C=O) groups is 2. The molecule has 1 aromatic heterocycles. The number of carboxylic acids is 1. The number of aliphatic carboxylic acids is 1. The summed E-state index contributed by atoms with van der Waals surface area (Å²) in [6.45, 7) is 1.83. The number of benzene rings is 1. The molecule has 9 heteroatoms. The molecule has 1 atom stereocenters. The number of carbonyl (C=O) groups excluding carboxylic acids is 1. The Bertz CT molecular complexity index is 864. The number of fused-ring (bicyclic) bond motifs is 1. The van der Waals surface area contributed by atoms with Crippen LogP contribution in [0.5, 0.6) is 5.75 Å². The van der Waals surface area contributed by atoms with Gasteiger partial charge in [0.25, 0.3) is 5.91 Å². The molecule has 0 saturated heterocycles. The third-order valence-electron chi connectivity index (χ3n) is 3.53. The average Bonchev–Trinajstić information content (AvgIpc) is 2.85. The number of nitrogens with zero attached hydrogens (tertiary/aromatic N) is 3. The SMILES string of the molecule is COc1cccc2c(C)nc(NC3=NC(CC(=O)O)C(=O)N3)nc12. The van der Waals surface area contributed by atoms with Gasteiger partial charge in [0, 0.05) is 5.39 Å². The van der Waals surface area contributed by atoms with Gasteiger partial charge < -0.3 is 9.84 Å². The zero-order valence-corrected chi connectivity index (χ0v) is 13.0. The van der Waals surface area contributed by atoms with Crippen LogP contribution in [-0.4, -0.2) is 46.1 Å². The van der Waals surface area contributed by atoms with Gasteiger partial charge in [-0.05, 0) is 13.0 Å². The summed E-state index contributed by atoms with van der Waals surface area (Å²) in [4.78, 5) is 35.1. The number of aliphatic imine (C=N–C) groups is 1. The molecular weight excluding hydrogens is 314 g/mol. The number of aryl methyl sites for hydroxylation is 1. The number of nitrogens with one attached hydrogen (secondary N) is 2. The van der Waals surface area contributed by atoms with Crippen molar-refractivity contribution in [2.45, 2.75) is 19.4 Å². The van der Waals surface area contributed by atoms with Gasteiger partial charge in [0.2, 0.25) is 11.9 Å². The summed E-state index contributed by atoms with van der Waals surface area (Å²) in [7, 11) is 1.55. The number of hydrogen-bond donors (Lipinski definition) is 3. The third-order valence-corrected chi connectivity index (χ3v) is 3.53. The molecule has 1 aliphatic rings. The van der Waals surface area contributed by atoms with Crippen molar-refractivity contribution in [2.24, 2.45) is 4.99 Å². The highest BCUT2D eigenvalue weighted by atomic mass is 16.5. The van der Waals surface area contributed by atoms with E-state index in [1.807, 2.05) is 19.1 Å². The van der Waals surface area contributed by atoms with Gasteiger partial charge in [0.15, 0.2) is 0 Å². The number of para-hydroxylation sites is 1. The Balaban J connectivity index is 1.91. The number of guanidine groups is 1. The first-order chi connectivity index (χ1) is 11.5. The molecule has 0 radical (unpaired) electrons. The first-order valence-corrected chi connectivity index (χ1v) is 7.16. The van der Waals surface area contributed by atoms with Crippen molar-refractivity contribution >= 4 is 34.7 Å². The number of rotatable bonds is 4. The van der Waals surface area contributed by atoms with Gasteiger partial charge in [-0.1, -0.05) is 12.1 Å². The van der Waals surface area contributed by atoms with Gasteiger partial charge in [0.05, 0.1) is 19.2 Å². The summed E-state index contributed by atoms with van der Waals surface area (Å²) in [5.74, 6) is -0.612. The molecule has 0 saturated carbocycles. The Morgan fingerprint density at radius 3 is 2.92 bits per heavy atom. The smallest absolute Gasteiger partial charge is 0.306 e. The Morgan fingerprint density at radius 1 is 1.42 bits per heavy atom. The zero-order chi connectivity index (χ0) is 17.3. The Kier molecular flexibility index (Phi) is 3.98. The Labute approximate surface area is 136 Å². The van der Waals surface area contributed by atoms with Gasteiger partial charge in [0.1, 0.15) is 17.3 Å². The van der Waals surface area contributed by atoms with Crippen molar-refractivity contribution in [3.05, 3.63) is 23.9 Å². The molecule has 0 spiro atoms. The van der Waals surface area contributed by atoms with Crippen molar-refractivity contribution < 1.29 is 19.4 Å². The van der Waals surface area contributed by atoms with Crippen LogP contribution in [0.1, 0.15) is 12.1 Å². The summed E-state index contributed by atoms with van der Waals surface area (Å²) in [6.07, 6.45) is -0.373. The van der Waals surface area contributed by atoms with Crippen LogP contribution in [0.15, 0.2) is 23.2 Å². The molecule has 9 nitrogen and oxygen atoms in total. The summed E-state index contributed by atoms with van der Waals surface area (Å²) >= 11 is 0. The summed E-state index contributed by atoms with van der Waals surface area (Å²) in [6, 6.07) is 4.56. The molecular formula is C15H15N5O4. The standard InChI is InChI=1S/C15H15N5O4/c1-7-8-4-3-5-10(24-2)12(8)18-14(16-7)20-15-17-9(6-11(21)22)13(23)19-15/h3-5,9H,6H2,1-2H3,(H,21,22)(H2,16,17,18,19,20,23). The van der Waals surface area contributed by atoms with Crippen LogP contribution >= 0.6 is 0 Å². The molecule has 2 heterocycles. The van der Waals surface area contributed by atoms with E-state index in [2.05, 4.69) is 25.6 Å². The lowest BCUT2D eigenvalue weighted by Crippen LogP contribution is -2.33. The fourth-order valence-corrected chi connectivity index (χ4v) is 2.42. The number of ether oxygens (including phenoxy) is 1. The Morgan fingerprint density at radius 2 is 2.21 bits per heavy atom. The largest absolute Gasteiger partial charge is 0.494 e. The maximum absolute atomic E-state index is 11.7. The predicted octanol–water partition coefficient (Wildman–Crippen LogP) is 0.688. The zero-order valence-electron chi connectivity index (χ0n) is 13.0. The molecule has 0 bridgehead atoms. The first-order valence-electron chi connectivity index (χ1n) is 7.16. The first kappa shape index (κ1) is 15.7. The number of hydrogen-bond acceptors (Lipinski definition) is 7. The van der Waals surface area contributed by atoms with E-state index in [-0.39, 0.29) is 18.3 Å². The van der Waals surface area contributed by atoms with E-state index in [1.54, 1.807) is 13.2 Å². The van der Waals surface area contributed by atoms with E-state index in [9.17, 15) is 9.59 Å². The van der Waals surface area contributed by atoms with Gasteiger partial charge >= 0.3 is 5.97 Å². The normalized spacial score (nSPS) is 16.7. The van der Waals surface area contributed by atoms with Gasteiger partial charge in [-0.15, -0.1) is 0 Å². The van der Waals surface area contributed by atoms with Crippen LogP contribution in [0.25, 0.3) is 10.9 Å². The molecule has 3 N–H and O–H groups in total. The van der Waals surface area contributed by atoms with Crippen molar-refractivity contribution in [2.75, 3.05) is 12.4 Å². The topological polar surface area (TPSA) is 126 Å². The van der Waals surface area contributed by atoms with Gasteiger partial charge in [-0.2, -0.15) is 0 Å². The van der Waals surface area contributed by atoms with E-state index in [0.29, 0.717) is 11.3 Å². The highest BCUT2D eigenvalue weighted by Gasteiger charge is 2.28. The molecule has 3 rings (SSSR count). The lowest BCUT2D eigenvalue weighted by Gasteiger charge is -2.09. The average molecular weight is 329 g/mol. The third kappa shape index (κ3) is 2.96. The number of anilines is 1. The van der Waals surface area contributed by atoms with Crippen molar-refractivity contribution in [1.82, 2.24) is 15.3 Å². The molecule has 0 aliphatic carbocycles. The van der Waals surface area contributed by atoms with Crippen LogP contribution < -0.4 is 15.4 Å². The summed E-state index contributed by atoms with van der Waals surface area (Å²) in [5, 5.41) is 14.9. The van der Waals surface area contributed by atoms with Crippen molar-refractivity contribution in [3.63, 3.8) is 0 Å². The monoisotopic (exact) mass is 329 g/mol. The lowest BCUT2D eigenvalue weighted by molar-refractivity contribution is -0.139. The van der Waals surface area contributed by atoms with Gasteiger partial charge in [-0.3, -0.25) is 20.2 Å².